The van der Waals surface area contributed by atoms with E-state index in [1.54, 1.807) is 4.57 Å². The molecule has 0 bridgehead atoms. The van der Waals surface area contributed by atoms with Gasteiger partial charge in [0.25, 0.3) is 0 Å². The van der Waals surface area contributed by atoms with Gasteiger partial charge < -0.3 is 19.3 Å². The Morgan fingerprint density at radius 1 is 1.41 bits per heavy atom. The molecule has 1 saturated heterocycles. The van der Waals surface area contributed by atoms with Crippen molar-refractivity contribution in [2.24, 2.45) is 5.92 Å². The lowest BCUT2D eigenvalue weighted by molar-refractivity contribution is 0.0695. The van der Waals surface area contributed by atoms with Crippen molar-refractivity contribution in [2.45, 2.75) is 38.1 Å². The van der Waals surface area contributed by atoms with E-state index in [-0.39, 0.29) is 22.7 Å². The van der Waals surface area contributed by atoms with E-state index in [9.17, 15) is 14.7 Å². The van der Waals surface area contributed by atoms with Crippen LogP contribution < -0.4 is 15.1 Å². The van der Waals surface area contributed by atoms with Crippen molar-refractivity contribution in [1.29, 1.82) is 5.26 Å². The first-order valence-corrected chi connectivity index (χ1v) is 9.76. The summed E-state index contributed by atoms with van der Waals surface area (Å²) >= 11 is 0. The Morgan fingerprint density at radius 3 is 2.79 bits per heavy atom. The van der Waals surface area contributed by atoms with Crippen LogP contribution in [0.2, 0.25) is 0 Å². The molecule has 0 radical (unpaired) electrons. The first-order valence-electron chi connectivity index (χ1n) is 9.76. The van der Waals surface area contributed by atoms with E-state index in [4.69, 9.17) is 10.00 Å². The van der Waals surface area contributed by atoms with Crippen molar-refractivity contribution in [2.75, 3.05) is 25.1 Å². The van der Waals surface area contributed by atoms with Gasteiger partial charge in [0.05, 0.1) is 24.1 Å². The van der Waals surface area contributed by atoms with Crippen LogP contribution in [-0.2, 0) is 0 Å². The molecule has 2 fully saturated rings. The van der Waals surface area contributed by atoms with Gasteiger partial charge in [-0.15, -0.1) is 0 Å². The minimum atomic E-state index is -1.32. The topological polar surface area (TPSA) is 95.6 Å². The molecule has 1 aliphatic carbocycles. The fourth-order valence-corrected chi connectivity index (χ4v) is 4.26. The molecule has 29 heavy (non-hydrogen) atoms. The molecule has 8 heteroatoms. The summed E-state index contributed by atoms with van der Waals surface area (Å²) in [5.41, 5.74) is -0.323. The van der Waals surface area contributed by atoms with E-state index in [2.05, 4.69) is 6.07 Å². The highest BCUT2D eigenvalue weighted by Gasteiger charge is 2.33. The number of benzene rings is 1. The summed E-state index contributed by atoms with van der Waals surface area (Å²) in [6.45, 7) is 1.25. The van der Waals surface area contributed by atoms with Crippen LogP contribution in [-0.4, -0.2) is 35.8 Å². The summed E-state index contributed by atoms with van der Waals surface area (Å²) in [6, 6.07) is 3.37. The first kappa shape index (κ1) is 19.2. The zero-order valence-corrected chi connectivity index (χ0v) is 16.2. The maximum absolute atomic E-state index is 15.2. The first-order chi connectivity index (χ1) is 14.0. The Hall–Kier alpha value is -3.08. The zero-order chi connectivity index (χ0) is 20.7. The number of hydrogen-bond donors (Lipinski definition) is 1. The van der Waals surface area contributed by atoms with E-state index >= 15 is 4.39 Å². The third-order valence-corrected chi connectivity index (χ3v) is 5.84. The van der Waals surface area contributed by atoms with E-state index in [0.29, 0.717) is 36.6 Å². The number of carbonyl (C=O) groups is 1. The zero-order valence-electron chi connectivity index (χ0n) is 16.2. The molecule has 1 aromatic carbocycles. The number of fused-ring (bicyclic) bond motifs is 1. The molecule has 2 aliphatic rings. The van der Waals surface area contributed by atoms with Gasteiger partial charge in [0.1, 0.15) is 11.3 Å². The number of carboxylic acids is 1. The molecular weight excluding hydrogens is 377 g/mol. The van der Waals surface area contributed by atoms with Crippen LogP contribution in [0.1, 0.15) is 48.5 Å². The van der Waals surface area contributed by atoms with Gasteiger partial charge in [0.15, 0.2) is 11.6 Å². The molecule has 7 nitrogen and oxygen atoms in total. The number of halogens is 1. The van der Waals surface area contributed by atoms with Crippen molar-refractivity contribution in [1.82, 2.24) is 4.57 Å². The highest BCUT2D eigenvalue weighted by molar-refractivity contribution is 5.97. The Morgan fingerprint density at radius 2 is 2.17 bits per heavy atom. The molecule has 4 rings (SSSR count). The van der Waals surface area contributed by atoms with Crippen LogP contribution in [0.5, 0.6) is 5.75 Å². The standard InChI is InChI=1S/C21H22FN3O4/c1-29-20-17-14(19(26)15(21(27)28)11-25(17)13-4-5-13)9-16(22)18(20)24-8-6-12(10-24)3-2-7-23/h9,11-13H,2-6,8,10H2,1H3,(H,27,28). The van der Waals surface area contributed by atoms with E-state index in [1.807, 2.05) is 4.90 Å². The van der Waals surface area contributed by atoms with Gasteiger partial charge in [0, 0.05) is 31.7 Å². The normalized spacial score (nSPS) is 18.8. The molecule has 1 N–H and O–H groups in total. The van der Waals surface area contributed by atoms with Crippen LogP contribution in [0, 0.1) is 23.1 Å². The SMILES string of the molecule is COc1c(N2CCC(CCC#N)C2)c(F)cc2c(=O)c(C(=O)O)cn(C3CC3)c12. The molecule has 1 saturated carbocycles. The number of nitrogens with zero attached hydrogens (tertiary/aromatic N) is 3. The van der Waals surface area contributed by atoms with E-state index < -0.39 is 17.2 Å². The number of aromatic nitrogens is 1. The summed E-state index contributed by atoms with van der Waals surface area (Å²) in [5.74, 6) is -1.36. The number of aromatic carboxylic acids is 1. The summed E-state index contributed by atoms with van der Waals surface area (Å²) < 4.78 is 22.5. The second-order valence-electron chi connectivity index (χ2n) is 7.75. The minimum Gasteiger partial charge on any atom is -0.492 e. The molecule has 2 aromatic rings. The lowest BCUT2D eigenvalue weighted by Gasteiger charge is -2.24. The van der Waals surface area contributed by atoms with Gasteiger partial charge in [0.2, 0.25) is 5.43 Å². The highest BCUT2D eigenvalue weighted by atomic mass is 19.1. The predicted octanol–water partition coefficient (Wildman–Crippen LogP) is 3.31. The van der Waals surface area contributed by atoms with Crippen LogP contribution in [0.3, 0.4) is 0 Å². The second-order valence-corrected chi connectivity index (χ2v) is 7.75. The van der Waals surface area contributed by atoms with Gasteiger partial charge >= 0.3 is 5.97 Å². The van der Waals surface area contributed by atoms with Gasteiger partial charge in [-0.25, -0.2) is 9.18 Å². The van der Waals surface area contributed by atoms with Crippen molar-refractivity contribution in [3.05, 3.63) is 33.9 Å². The van der Waals surface area contributed by atoms with Crippen molar-refractivity contribution in [3.8, 4) is 11.8 Å². The van der Waals surface area contributed by atoms with Gasteiger partial charge in [-0.3, -0.25) is 4.79 Å². The number of carboxylic acid groups (broad SMARTS) is 1. The number of nitriles is 1. The van der Waals surface area contributed by atoms with Crippen LogP contribution in [0.15, 0.2) is 17.1 Å². The molecule has 1 aromatic heterocycles. The molecule has 1 unspecified atom stereocenters. The summed E-state index contributed by atoms with van der Waals surface area (Å²) in [4.78, 5) is 26.2. The molecule has 1 aliphatic heterocycles. The lowest BCUT2D eigenvalue weighted by atomic mass is 10.0. The monoisotopic (exact) mass is 399 g/mol. The second kappa shape index (κ2) is 7.39. The summed E-state index contributed by atoms with van der Waals surface area (Å²) in [7, 11) is 1.44. The third kappa shape index (κ3) is 3.31. The Balaban J connectivity index is 1.89. The smallest absolute Gasteiger partial charge is 0.341 e. The van der Waals surface area contributed by atoms with Crippen LogP contribution in [0.4, 0.5) is 10.1 Å². The number of rotatable bonds is 6. The Labute approximate surface area is 166 Å². The van der Waals surface area contributed by atoms with Gasteiger partial charge in [-0.1, -0.05) is 0 Å². The lowest BCUT2D eigenvalue weighted by Crippen LogP contribution is -2.24. The molecule has 2 heterocycles. The Kier molecular flexibility index (Phi) is 4.91. The number of pyridine rings is 1. The highest BCUT2D eigenvalue weighted by Crippen LogP contribution is 2.44. The summed E-state index contributed by atoms with van der Waals surface area (Å²) in [6.07, 6.45) is 5.18. The molecular formula is C21H22FN3O4. The average Bonchev–Trinajstić information content (AvgIpc) is 3.44. The largest absolute Gasteiger partial charge is 0.492 e. The number of anilines is 1. The fourth-order valence-electron chi connectivity index (χ4n) is 4.26. The predicted molar refractivity (Wildman–Crippen MR) is 105 cm³/mol. The van der Waals surface area contributed by atoms with Gasteiger partial charge in [-0.2, -0.15) is 5.26 Å². The van der Waals surface area contributed by atoms with Crippen molar-refractivity contribution in [3.63, 3.8) is 0 Å². The van der Waals surface area contributed by atoms with Crippen molar-refractivity contribution >= 4 is 22.6 Å². The quantitative estimate of drug-likeness (QED) is 0.801. The number of methoxy groups -OCH3 is 1. The minimum absolute atomic E-state index is 0.0233. The number of ether oxygens (including phenoxy) is 1. The van der Waals surface area contributed by atoms with Gasteiger partial charge in [-0.05, 0) is 37.7 Å². The average molecular weight is 399 g/mol. The summed E-state index contributed by atoms with van der Waals surface area (Å²) in [5, 5.41) is 18.2. The molecule has 152 valence electrons. The maximum Gasteiger partial charge on any atom is 0.341 e. The molecule has 1 atom stereocenters. The fraction of sp³-hybridized carbons (Fsp3) is 0.476. The van der Waals surface area contributed by atoms with Crippen molar-refractivity contribution < 1.29 is 19.0 Å². The maximum atomic E-state index is 15.2. The van der Waals surface area contributed by atoms with E-state index in [1.165, 1.54) is 13.3 Å². The molecule has 0 spiro atoms. The van der Waals surface area contributed by atoms with E-state index in [0.717, 1.165) is 31.7 Å². The van der Waals surface area contributed by atoms with Crippen LogP contribution in [0.25, 0.3) is 10.9 Å². The number of hydrogen-bond acceptors (Lipinski definition) is 5. The van der Waals surface area contributed by atoms with Crippen LogP contribution >= 0.6 is 0 Å². The third-order valence-electron chi connectivity index (χ3n) is 5.84. The Bertz CT molecular complexity index is 1080. The molecule has 0 amide bonds.